The number of nitro benzene ring substituents is 1. The molecule has 0 radical (unpaired) electrons. The first-order chi connectivity index (χ1) is 9.93. The van der Waals surface area contributed by atoms with Crippen LogP contribution < -0.4 is 4.74 Å². The van der Waals surface area contributed by atoms with Crippen LogP contribution in [0.2, 0.25) is 0 Å². The van der Waals surface area contributed by atoms with E-state index in [1.54, 1.807) is 0 Å². The van der Waals surface area contributed by atoms with E-state index in [2.05, 4.69) is 0 Å². The highest BCUT2D eigenvalue weighted by Gasteiger charge is 2.47. The van der Waals surface area contributed by atoms with Crippen LogP contribution in [-0.4, -0.2) is 62.7 Å². The largest absolute Gasteiger partial charge is 0.462 e. The van der Waals surface area contributed by atoms with E-state index in [1.807, 2.05) is 0 Å². The Balaban J connectivity index is 2.04. The summed E-state index contributed by atoms with van der Waals surface area (Å²) in [5.74, 6) is 0.191. The minimum absolute atomic E-state index is 0.121. The fourth-order valence-electron chi connectivity index (χ4n) is 1.97. The van der Waals surface area contributed by atoms with E-state index in [1.165, 1.54) is 24.3 Å². The first kappa shape index (κ1) is 15.6. The van der Waals surface area contributed by atoms with Crippen LogP contribution in [0.4, 0.5) is 5.69 Å². The maximum absolute atomic E-state index is 10.5. The number of hydrogen-bond acceptors (Lipinski definition) is 8. The first-order valence-electron chi connectivity index (χ1n) is 6.15. The highest BCUT2D eigenvalue weighted by atomic mass is 16.7. The third-order valence-corrected chi connectivity index (χ3v) is 3.12. The summed E-state index contributed by atoms with van der Waals surface area (Å²) in [7, 11) is 0. The second-order valence-corrected chi connectivity index (χ2v) is 4.57. The van der Waals surface area contributed by atoms with E-state index in [-0.39, 0.29) is 11.4 Å². The van der Waals surface area contributed by atoms with Crippen molar-refractivity contribution in [3.05, 3.63) is 34.4 Å². The van der Waals surface area contributed by atoms with Gasteiger partial charge >= 0.3 is 0 Å². The van der Waals surface area contributed by atoms with Crippen molar-refractivity contribution >= 4 is 5.69 Å². The standard InChI is InChI=1S/C12H15NO8/c14-5-8(15)11-9(16)10(17)12(21-11)20-7-3-1-6(2-4-7)13(18)19/h1-4,8-12,14-17H,5H2/t8?,9-,10-,11-,12+/m1/s1. The molecule has 0 spiro atoms. The topological polar surface area (TPSA) is 143 Å². The Kier molecular flexibility index (Phi) is 4.70. The molecule has 21 heavy (non-hydrogen) atoms. The van der Waals surface area contributed by atoms with Gasteiger partial charge < -0.3 is 29.9 Å². The van der Waals surface area contributed by atoms with Gasteiger partial charge in [0.1, 0.15) is 30.2 Å². The molecule has 0 amide bonds. The maximum atomic E-state index is 10.5. The summed E-state index contributed by atoms with van der Waals surface area (Å²) in [4.78, 5) is 9.95. The molecular formula is C12H15NO8. The zero-order valence-electron chi connectivity index (χ0n) is 10.8. The van der Waals surface area contributed by atoms with Crippen molar-refractivity contribution in [3.8, 4) is 5.75 Å². The van der Waals surface area contributed by atoms with Gasteiger partial charge in [0.05, 0.1) is 11.5 Å². The zero-order valence-corrected chi connectivity index (χ0v) is 10.8. The molecule has 1 aromatic carbocycles. The minimum Gasteiger partial charge on any atom is -0.462 e. The molecule has 1 aliphatic heterocycles. The van der Waals surface area contributed by atoms with Crippen LogP contribution in [0, 0.1) is 10.1 Å². The van der Waals surface area contributed by atoms with Crippen LogP contribution in [0.1, 0.15) is 0 Å². The number of ether oxygens (including phenoxy) is 2. The molecule has 1 aromatic rings. The van der Waals surface area contributed by atoms with Gasteiger partial charge in [-0.1, -0.05) is 0 Å². The summed E-state index contributed by atoms with van der Waals surface area (Å²) in [5.41, 5.74) is -0.121. The van der Waals surface area contributed by atoms with Crippen molar-refractivity contribution in [2.45, 2.75) is 30.7 Å². The summed E-state index contributed by atoms with van der Waals surface area (Å²) in [5, 5.41) is 48.3. The van der Waals surface area contributed by atoms with Gasteiger partial charge in [-0.15, -0.1) is 0 Å². The molecule has 0 aromatic heterocycles. The number of rotatable bonds is 5. The van der Waals surface area contributed by atoms with E-state index in [9.17, 15) is 25.4 Å². The third kappa shape index (κ3) is 3.28. The van der Waals surface area contributed by atoms with Gasteiger partial charge in [0.25, 0.3) is 5.69 Å². The molecule has 1 aliphatic rings. The number of nitro groups is 1. The van der Waals surface area contributed by atoms with Crippen LogP contribution >= 0.6 is 0 Å². The lowest BCUT2D eigenvalue weighted by molar-refractivity contribution is -0.384. The predicted molar refractivity (Wildman–Crippen MR) is 67.5 cm³/mol. The van der Waals surface area contributed by atoms with E-state index in [0.29, 0.717) is 0 Å². The second kappa shape index (κ2) is 6.33. The van der Waals surface area contributed by atoms with Crippen LogP contribution in [-0.2, 0) is 4.74 Å². The van der Waals surface area contributed by atoms with Gasteiger partial charge in [-0.25, -0.2) is 0 Å². The van der Waals surface area contributed by atoms with Gasteiger partial charge in [0.15, 0.2) is 0 Å². The molecule has 4 N–H and O–H groups in total. The molecule has 116 valence electrons. The maximum Gasteiger partial charge on any atom is 0.269 e. The van der Waals surface area contributed by atoms with Crippen molar-refractivity contribution < 1.29 is 34.8 Å². The van der Waals surface area contributed by atoms with Gasteiger partial charge in [-0.05, 0) is 12.1 Å². The summed E-state index contributed by atoms with van der Waals surface area (Å²) < 4.78 is 10.4. The molecule has 9 nitrogen and oxygen atoms in total. The third-order valence-electron chi connectivity index (χ3n) is 3.12. The molecule has 1 fully saturated rings. The number of benzene rings is 1. The van der Waals surface area contributed by atoms with Crippen LogP contribution in [0.25, 0.3) is 0 Å². The lowest BCUT2D eigenvalue weighted by Crippen LogP contribution is -2.40. The SMILES string of the molecule is O=[N+]([O-])c1ccc(O[C@H]2O[C@H](C(O)CO)[C@H](O)[C@H]2O)cc1. The molecule has 5 atom stereocenters. The molecule has 1 heterocycles. The lowest BCUT2D eigenvalue weighted by Gasteiger charge is -2.18. The fourth-order valence-corrected chi connectivity index (χ4v) is 1.97. The van der Waals surface area contributed by atoms with Crippen molar-refractivity contribution in [1.29, 1.82) is 0 Å². The normalized spacial score (nSPS) is 30.1. The first-order valence-corrected chi connectivity index (χ1v) is 6.15. The average Bonchev–Trinajstić information content (AvgIpc) is 2.75. The van der Waals surface area contributed by atoms with Crippen molar-refractivity contribution in [1.82, 2.24) is 0 Å². The molecule has 0 aliphatic carbocycles. The zero-order chi connectivity index (χ0) is 15.6. The molecule has 0 bridgehead atoms. The molecule has 2 rings (SSSR count). The number of aliphatic hydroxyl groups excluding tert-OH is 4. The van der Waals surface area contributed by atoms with Gasteiger partial charge in [-0.3, -0.25) is 10.1 Å². The Labute approximate surface area is 119 Å². The number of aliphatic hydroxyl groups is 4. The molecular weight excluding hydrogens is 286 g/mol. The summed E-state index contributed by atoms with van der Waals surface area (Å²) in [6, 6.07) is 5.06. The summed E-state index contributed by atoms with van der Waals surface area (Å²) >= 11 is 0. The fraction of sp³-hybridized carbons (Fsp3) is 0.500. The van der Waals surface area contributed by atoms with Crippen LogP contribution in [0.3, 0.4) is 0 Å². The van der Waals surface area contributed by atoms with Crippen molar-refractivity contribution in [3.63, 3.8) is 0 Å². The van der Waals surface area contributed by atoms with Gasteiger partial charge in [0.2, 0.25) is 6.29 Å². The van der Waals surface area contributed by atoms with Crippen molar-refractivity contribution in [2.24, 2.45) is 0 Å². The number of hydrogen-bond donors (Lipinski definition) is 4. The van der Waals surface area contributed by atoms with Crippen molar-refractivity contribution in [2.75, 3.05) is 6.61 Å². The highest BCUT2D eigenvalue weighted by Crippen LogP contribution is 2.27. The Morgan fingerprint density at radius 1 is 1.29 bits per heavy atom. The van der Waals surface area contributed by atoms with E-state index in [0.717, 1.165) is 0 Å². The Hall–Kier alpha value is -1.78. The van der Waals surface area contributed by atoms with E-state index >= 15 is 0 Å². The second-order valence-electron chi connectivity index (χ2n) is 4.57. The monoisotopic (exact) mass is 301 g/mol. The predicted octanol–water partition coefficient (Wildman–Crippen LogP) is -1.23. The lowest BCUT2D eigenvalue weighted by atomic mass is 10.1. The molecule has 1 unspecified atom stereocenters. The van der Waals surface area contributed by atoms with E-state index in [4.69, 9.17) is 14.6 Å². The Bertz CT molecular complexity index is 493. The Morgan fingerprint density at radius 2 is 1.90 bits per heavy atom. The van der Waals surface area contributed by atoms with Gasteiger partial charge in [0, 0.05) is 12.1 Å². The smallest absolute Gasteiger partial charge is 0.269 e. The summed E-state index contributed by atoms with van der Waals surface area (Å²) in [6.45, 7) is -0.640. The van der Waals surface area contributed by atoms with Gasteiger partial charge in [-0.2, -0.15) is 0 Å². The van der Waals surface area contributed by atoms with Crippen LogP contribution in [0.15, 0.2) is 24.3 Å². The summed E-state index contributed by atoms with van der Waals surface area (Å²) in [6.07, 6.45) is -6.65. The minimum atomic E-state index is -1.42. The molecule has 1 saturated heterocycles. The Morgan fingerprint density at radius 3 is 2.43 bits per heavy atom. The highest BCUT2D eigenvalue weighted by molar-refractivity contribution is 5.36. The van der Waals surface area contributed by atoms with E-state index < -0.39 is 42.2 Å². The number of non-ortho nitro benzene ring substituents is 1. The quantitative estimate of drug-likeness (QED) is 0.391. The number of nitrogens with zero attached hydrogens (tertiary/aromatic N) is 1. The average molecular weight is 301 g/mol. The molecule has 9 heteroatoms. The van der Waals surface area contributed by atoms with Crippen LogP contribution in [0.5, 0.6) is 5.75 Å². The molecule has 0 saturated carbocycles.